The summed E-state index contributed by atoms with van der Waals surface area (Å²) >= 11 is 0. The van der Waals surface area contributed by atoms with Gasteiger partial charge in [-0.2, -0.15) is 0 Å². The molecule has 1 aromatic heterocycles. The Morgan fingerprint density at radius 1 is 0.976 bits per heavy atom. The zero-order valence-electron chi connectivity index (χ0n) is 24.8. The third-order valence-electron chi connectivity index (χ3n) is 8.69. The van der Waals surface area contributed by atoms with Crippen molar-refractivity contribution in [1.29, 1.82) is 0 Å². The second-order valence-electron chi connectivity index (χ2n) is 11.8. The summed E-state index contributed by atoms with van der Waals surface area (Å²) in [7, 11) is 3.82. The number of rotatable bonds is 2. The van der Waals surface area contributed by atoms with Crippen molar-refractivity contribution >= 4 is 23.1 Å². The summed E-state index contributed by atoms with van der Waals surface area (Å²) < 4.78 is 11.3. The summed E-state index contributed by atoms with van der Waals surface area (Å²) in [6, 6.07) is 14.9. The van der Waals surface area contributed by atoms with E-state index in [-0.39, 0.29) is 5.92 Å². The SMILES string of the molecule is COc1ccc2cc1CN(C)CCCC(=O)C1CCN(CC1)Cc1cc(cc(N3CCOCC3)c1)Nc1nccc-2n1. The van der Waals surface area contributed by atoms with Gasteiger partial charge in [-0.25, -0.2) is 9.97 Å². The predicted octanol–water partition coefficient (Wildman–Crippen LogP) is 4.74. The number of nitrogens with one attached hydrogen (secondary N) is 1. The molecule has 0 aliphatic carbocycles. The van der Waals surface area contributed by atoms with Crippen molar-refractivity contribution in [3.8, 4) is 17.0 Å². The van der Waals surface area contributed by atoms with E-state index in [9.17, 15) is 4.79 Å². The quantitative estimate of drug-likeness (QED) is 0.470. The third kappa shape index (κ3) is 6.91. The third-order valence-corrected chi connectivity index (χ3v) is 8.69. The number of ketones is 1. The molecule has 2 fully saturated rings. The molecule has 1 N–H and O–H groups in total. The first kappa shape index (κ1) is 28.6. The number of carbonyl (C=O) groups is 1. The fraction of sp³-hybridized carbons (Fsp3) is 0.485. The fourth-order valence-electron chi connectivity index (χ4n) is 6.38. The lowest BCUT2D eigenvalue weighted by Crippen LogP contribution is -2.37. The fourth-order valence-corrected chi connectivity index (χ4v) is 6.38. The summed E-state index contributed by atoms with van der Waals surface area (Å²) in [5.41, 5.74) is 6.36. The molecule has 4 aliphatic heterocycles. The van der Waals surface area contributed by atoms with Gasteiger partial charge in [0.15, 0.2) is 0 Å². The normalized spacial score (nSPS) is 22.2. The highest BCUT2D eigenvalue weighted by Crippen LogP contribution is 2.30. The average Bonchev–Trinajstić information content (AvgIpc) is 3.01. The van der Waals surface area contributed by atoms with Crippen molar-refractivity contribution < 1.29 is 14.3 Å². The number of fused-ring (bicyclic) bond motifs is 7. The van der Waals surface area contributed by atoms with Gasteiger partial charge in [0.2, 0.25) is 5.95 Å². The number of nitrogens with zero attached hydrogens (tertiary/aromatic N) is 5. The lowest BCUT2D eigenvalue weighted by atomic mass is 9.90. The predicted molar refractivity (Wildman–Crippen MR) is 165 cm³/mol. The minimum atomic E-state index is 0.179. The number of morpholine rings is 1. The van der Waals surface area contributed by atoms with Crippen LogP contribution in [0.3, 0.4) is 0 Å². The molecule has 8 bridgehead atoms. The Hall–Kier alpha value is -3.53. The van der Waals surface area contributed by atoms with Gasteiger partial charge in [0.25, 0.3) is 0 Å². The molecule has 7 rings (SSSR count). The van der Waals surface area contributed by atoms with Crippen LogP contribution in [-0.4, -0.2) is 85.6 Å². The van der Waals surface area contributed by atoms with Crippen LogP contribution < -0.4 is 15.0 Å². The van der Waals surface area contributed by atoms with Crippen LogP contribution in [0, 0.1) is 5.92 Å². The van der Waals surface area contributed by atoms with E-state index in [1.54, 1.807) is 7.11 Å². The van der Waals surface area contributed by atoms with E-state index in [2.05, 4.69) is 56.3 Å². The molecule has 0 unspecified atom stereocenters. The number of hydrogen-bond donors (Lipinski definition) is 1. The van der Waals surface area contributed by atoms with E-state index in [1.807, 2.05) is 24.4 Å². The van der Waals surface area contributed by atoms with Gasteiger partial charge in [-0.15, -0.1) is 0 Å². The first-order valence-corrected chi connectivity index (χ1v) is 15.2. The van der Waals surface area contributed by atoms with Crippen molar-refractivity contribution in [2.24, 2.45) is 5.92 Å². The summed E-state index contributed by atoms with van der Waals surface area (Å²) in [4.78, 5) is 29.7. The molecule has 0 atom stereocenters. The van der Waals surface area contributed by atoms with Gasteiger partial charge in [-0.05, 0) is 94.0 Å². The van der Waals surface area contributed by atoms with Crippen LogP contribution in [0.25, 0.3) is 11.3 Å². The summed E-state index contributed by atoms with van der Waals surface area (Å²) in [5.74, 6) is 2.02. The van der Waals surface area contributed by atoms with Crippen LogP contribution in [0.2, 0.25) is 0 Å². The maximum absolute atomic E-state index is 13.1. The molecule has 5 heterocycles. The Morgan fingerprint density at radius 3 is 2.62 bits per heavy atom. The van der Waals surface area contributed by atoms with E-state index in [0.717, 1.165) is 107 Å². The largest absolute Gasteiger partial charge is 0.496 e. The number of ether oxygens (including phenoxy) is 2. The number of Topliss-reactive ketones (excluding diaryl/α,β-unsaturated/α-hetero) is 1. The van der Waals surface area contributed by atoms with Crippen molar-refractivity contribution in [3.63, 3.8) is 0 Å². The van der Waals surface area contributed by atoms with Crippen LogP contribution in [0.5, 0.6) is 5.75 Å². The number of benzene rings is 2. The molecule has 3 aromatic rings. The van der Waals surface area contributed by atoms with E-state index < -0.39 is 0 Å². The Bertz CT molecular complexity index is 1380. The van der Waals surface area contributed by atoms with E-state index >= 15 is 0 Å². The van der Waals surface area contributed by atoms with Gasteiger partial charge < -0.3 is 24.6 Å². The lowest BCUT2D eigenvalue weighted by molar-refractivity contribution is -0.124. The molecular weight excluding hydrogens is 528 g/mol. The van der Waals surface area contributed by atoms with Crippen molar-refractivity contribution in [2.75, 3.05) is 70.3 Å². The highest BCUT2D eigenvalue weighted by Gasteiger charge is 2.25. The minimum Gasteiger partial charge on any atom is -0.496 e. The first-order valence-electron chi connectivity index (χ1n) is 15.2. The maximum Gasteiger partial charge on any atom is 0.227 e. The Morgan fingerprint density at radius 2 is 1.81 bits per heavy atom. The molecule has 0 spiro atoms. The lowest BCUT2D eigenvalue weighted by Gasteiger charge is -2.32. The standard InChI is InChI=1S/C33H42N6O3/c1-37-11-3-4-31(40)25-8-12-38(13-9-25)22-24-18-28(21-29(19-24)39-14-16-42-17-15-39)35-33-34-10-7-30(36-33)26-5-6-32(41-2)27(20-26)23-37/h5-7,10,18-21,25H,3-4,8-9,11-17,22-23H2,1-2H3,(H,34,35,36). The average molecular weight is 571 g/mol. The molecule has 4 aliphatic rings. The van der Waals surface area contributed by atoms with Crippen molar-refractivity contribution in [3.05, 3.63) is 59.8 Å². The van der Waals surface area contributed by atoms with Crippen molar-refractivity contribution in [1.82, 2.24) is 19.8 Å². The molecule has 2 aromatic carbocycles. The van der Waals surface area contributed by atoms with Crippen LogP contribution >= 0.6 is 0 Å². The van der Waals surface area contributed by atoms with Crippen molar-refractivity contribution in [2.45, 2.75) is 38.8 Å². The van der Waals surface area contributed by atoms with Gasteiger partial charge in [0, 0.05) is 67.2 Å². The summed E-state index contributed by atoms with van der Waals surface area (Å²) in [5, 5.41) is 3.50. The topological polar surface area (TPSA) is 83.1 Å². The summed E-state index contributed by atoms with van der Waals surface area (Å²) in [6.45, 7) is 7.56. The molecule has 9 heteroatoms. The molecule has 42 heavy (non-hydrogen) atoms. The van der Waals surface area contributed by atoms with Gasteiger partial charge in [0.1, 0.15) is 11.5 Å². The highest BCUT2D eigenvalue weighted by atomic mass is 16.5. The molecule has 9 nitrogen and oxygen atoms in total. The van der Waals surface area contributed by atoms with E-state index in [0.29, 0.717) is 18.2 Å². The van der Waals surface area contributed by atoms with Crippen LogP contribution in [0.1, 0.15) is 36.8 Å². The second-order valence-corrected chi connectivity index (χ2v) is 11.8. The van der Waals surface area contributed by atoms with Gasteiger partial charge >= 0.3 is 0 Å². The molecular formula is C33H42N6O3. The summed E-state index contributed by atoms with van der Waals surface area (Å²) in [6.07, 6.45) is 5.20. The number of piperidine rings is 1. The Balaban J connectivity index is 1.34. The smallest absolute Gasteiger partial charge is 0.227 e. The zero-order valence-corrected chi connectivity index (χ0v) is 24.8. The van der Waals surface area contributed by atoms with E-state index in [1.165, 1.54) is 11.3 Å². The minimum absolute atomic E-state index is 0.179. The molecule has 2 saturated heterocycles. The number of methoxy groups -OCH3 is 1. The zero-order chi connectivity index (χ0) is 28.9. The van der Waals surface area contributed by atoms with Gasteiger partial charge in [-0.3, -0.25) is 9.69 Å². The number of hydrogen-bond acceptors (Lipinski definition) is 9. The molecule has 222 valence electrons. The van der Waals surface area contributed by atoms with Crippen LogP contribution in [-0.2, 0) is 22.6 Å². The first-order chi connectivity index (χ1) is 20.5. The van der Waals surface area contributed by atoms with Gasteiger partial charge in [0.05, 0.1) is 26.0 Å². The molecule has 0 saturated carbocycles. The number of aromatic nitrogens is 2. The Kier molecular flexibility index (Phi) is 8.98. The Labute approximate surface area is 248 Å². The second kappa shape index (κ2) is 13.2. The van der Waals surface area contributed by atoms with E-state index in [4.69, 9.17) is 14.5 Å². The number of carbonyl (C=O) groups excluding carboxylic acids is 1. The van der Waals surface area contributed by atoms with Gasteiger partial charge in [-0.1, -0.05) is 0 Å². The molecule has 0 radical (unpaired) electrons. The monoisotopic (exact) mass is 570 g/mol. The van der Waals surface area contributed by atoms with Crippen LogP contribution in [0.4, 0.5) is 17.3 Å². The number of anilines is 3. The van der Waals surface area contributed by atoms with Crippen LogP contribution in [0.15, 0.2) is 48.7 Å². The molecule has 0 amide bonds. The highest BCUT2D eigenvalue weighted by molar-refractivity contribution is 5.81. The maximum atomic E-state index is 13.1.